The summed E-state index contributed by atoms with van der Waals surface area (Å²) in [5, 5.41) is 8.75. The number of aliphatic carboxylic acids is 1. The smallest absolute Gasteiger partial charge is 0.471 e. The Bertz CT molecular complexity index is 305. The minimum absolute atomic E-state index is 0.100. The molecule has 1 unspecified atom stereocenters. The summed E-state index contributed by atoms with van der Waals surface area (Å²) in [5.74, 6) is -3.52. The Morgan fingerprint density at radius 2 is 1.88 bits per heavy atom. The Hall–Kier alpha value is -1.31. The number of nitrogens with zero attached hydrogens (tertiary/aromatic N) is 2. The molecular weight excluding hydrogens is 229 g/mol. The number of hydrogen-bond donors (Lipinski definition) is 1. The first-order valence-electron chi connectivity index (χ1n) is 4.52. The fourth-order valence-electron chi connectivity index (χ4n) is 1.54. The van der Waals surface area contributed by atoms with E-state index >= 15 is 0 Å². The summed E-state index contributed by atoms with van der Waals surface area (Å²) >= 11 is 0. The van der Waals surface area contributed by atoms with E-state index in [1.807, 2.05) is 0 Å². The van der Waals surface area contributed by atoms with E-state index in [9.17, 15) is 22.8 Å². The standard InChI is InChI=1S/C8H11F3N2O3/c1-12-2-3-13(5(4-12)6(14)15)7(16)8(9,10)11/h5H,2-4H2,1H3,(H,14,15). The first kappa shape index (κ1) is 12.8. The van der Waals surface area contributed by atoms with E-state index in [1.54, 1.807) is 11.9 Å². The molecule has 1 N–H and O–H groups in total. The summed E-state index contributed by atoms with van der Waals surface area (Å²) in [7, 11) is 1.59. The zero-order valence-electron chi connectivity index (χ0n) is 8.49. The predicted molar refractivity (Wildman–Crippen MR) is 46.7 cm³/mol. The summed E-state index contributed by atoms with van der Waals surface area (Å²) in [6.07, 6.45) is -5.02. The number of rotatable bonds is 1. The molecule has 0 radical (unpaired) electrons. The molecule has 1 amide bonds. The van der Waals surface area contributed by atoms with Crippen LogP contribution in [0, 0.1) is 0 Å². The maximum atomic E-state index is 12.2. The van der Waals surface area contributed by atoms with E-state index in [1.165, 1.54) is 0 Å². The summed E-state index contributed by atoms with van der Waals surface area (Å²) < 4.78 is 36.5. The Kier molecular flexibility index (Phi) is 3.41. The second-order valence-electron chi connectivity index (χ2n) is 3.61. The van der Waals surface area contributed by atoms with Crippen molar-refractivity contribution in [3.8, 4) is 0 Å². The van der Waals surface area contributed by atoms with Crippen LogP contribution in [0.15, 0.2) is 0 Å². The van der Waals surface area contributed by atoms with E-state index in [0.29, 0.717) is 4.90 Å². The molecule has 0 aromatic heterocycles. The number of carboxylic acids is 1. The molecule has 0 aromatic carbocycles. The average molecular weight is 240 g/mol. The molecule has 8 heteroatoms. The number of carbonyl (C=O) groups excluding carboxylic acids is 1. The summed E-state index contributed by atoms with van der Waals surface area (Å²) in [6.45, 7) is -0.103. The molecule has 16 heavy (non-hydrogen) atoms. The molecule has 1 saturated heterocycles. The number of amides is 1. The molecule has 0 bridgehead atoms. The summed E-state index contributed by atoms with van der Waals surface area (Å²) in [5.41, 5.74) is 0. The maximum Gasteiger partial charge on any atom is 0.471 e. The molecular formula is C8H11F3N2O3. The molecule has 1 aliphatic heterocycles. The van der Waals surface area contributed by atoms with Crippen LogP contribution in [-0.4, -0.2) is 65.7 Å². The van der Waals surface area contributed by atoms with Crippen LogP contribution in [0.25, 0.3) is 0 Å². The highest BCUT2D eigenvalue weighted by atomic mass is 19.4. The molecule has 1 heterocycles. The summed E-state index contributed by atoms with van der Waals surface area (Å²) in [4.78, 5) is 23.6. The number of piperazine rings is 1. The zero-order valence-corrected chi connectivity index (χ0v) is 8.49. The lowest BCUT2D eigenvalue weighted by Gasteiger charge is -2.37. The van der Waals surface area contributed by atoms with E-state index < -0.39 is 24.1 Å². The van der Waals surface area contributed by atoms with Gasteiger partial charge in [0.2, 0.25) is 0 Å². The van der Waals surface area contributed by atoms with E-state index in [4.69, 9.17) is 5.11 Å². The van der Waals surface area contributed by atoms with Gasteiger partial charge in [-0.05, 0) is 7.05 Å². The van der Waals surface area contributed by atoms with Crippen LogP contribution in [0.2, 0.25) is 0 Å². The molecule has 0 saturated carbocycles. The number of likely N-dealkylation sites (N-methyl/N-ethyl adjacent to an activating group) is 1. The second-order valence-corrected chi connectivity index (χ2v) is 3.61. The second kappa shape index (κ2) is 4.28. The van der Waals surface area contributed by atoms with Gasteiger partial charge in [0.1, 0.15) is 6.04 Å². The molecule has 0 aliphatic carbocycles. The number of hydrogen-bond acceptors (Lipinski definition) is 3. The van der Waals surface area contributed by atoms with Crippen molar-refractivity contribution in [3.05, 3.63) is 0 Å². The van der Waals surface area contributed by atoms with Crippen molar-refractivity contribution in [1.29, 1.82) is 0 Å². The normalized spacial score (nSPS) is 23.2. The van der Waals surface area contributed by atoms with Gasteiger partial charge in [-0.3, -0.25) is 4.79 Å². The lowest BCUT2D eigenvalue weighted by atomic mass is 10.1. The topological polar surface area (TPSA) is 60.9 Å². The largest absolute Gasteiger partial charge is 0.480 e. The fourth-order valence-corrected chi connectivity index (χ4v) is 1.54. The molecule has 0 spiro atoms. The zero-order chi connectivity index (χ0) is 12.5. The summed E-state index contributed by atoms with van der Waals surface area (Å²) in [6, 6.07) is -1.44. The monoisotopic (exact) mass is 240 g/mol. The van der Waals surface area contributed by atoms with Gasteiger partial charge in [-0.15, -0.1) is 0 Å². The third-order valence-corrected chi connectivity index (χ3v) is 2.37. The molecule has 1 rings (SSSR count). The van der Waals surface area contributed by atoms with Crippen molar-refractivity contribution in [2.75, 3.05) is 26.7 Å². The van der Waals surface area contributed by atoms with Crippen LogP contribution in [0.4, 0.5) is 13.2 Å². The first-order chi connectivity index (χ1) is 7.23. The first-order valence-corrected chi connectivity index (χ1v) is 4.52. The lowest BCUT2D eigenvalue weighted by molar-refractivity contribution is -0.192. The Labute approximate surface area is 89.4 Å². The van der Waals surface area contributed by atoms with Gasteiger partial charge >= 0.3 is 18.1 Å². The van der Waals surface area contributed by atoms with Crippen molar-refractivity contribution < 1.29 is 27.9 Å². The van der Waals surface area contributed by atoms with Crippen molar-refractivity contribution >= 4 is 11.9 Å². The van der Waals surface area contributed by atoms with Crippen LogP contribution in [-0.2, 0) is 9.59 Å². The van der Waals surface area contributed by atoms with Gasteiger partial charge in [-0.1, -0.05) is 0 Å². The highest BCUT2D eigenvalue weighted by Gasteiger charge is 2.47. The van der Waals surface area contributed by atoms with Gasteiger partial charge in [-0.2, -0.15) is 13.2 Å². The third kappa shape index (κ3) is 2.63. The number of alkyl halides is 3. The Morgan fingerprint density at radius 1 is 1.31 bits per heavy atom. The van der Waals surface area contributed by atoms with Crippen LogP contribution in [0.1, 0.15) is 0 Å². The van der Waals surface area contributed by atoms with E-state index in [2.05, 4.69) is 0 Å². The molecule has 5 nitrogen and oxygen atoms in total. The van der Waals surface area contributed by atoms with Gasteiger partial charge in [0.05, 0.1) is 0 Å². The number of halogens is 3. The third-order valence-electron chi connectivity index (χ3n) is 2.37. The highest BCUT2D eigenvalue weighted by molar-refractivity contribution is 5.87. The fraction of sp³-hybridized carbons (Fsp3) is 0.750. The van der Waals surface area contributed by atoms with Crippen LogP contribution in [0.3, 0.4) is 0 Å². The van der Waals surface area contributed by atoms with E-state index in [-0.39, 0.29) is 19.6 Å². The van der Waals surface area contributed by atoms with Crippen LogP contribution < -0.4 is 0 Å². The number of carboxylic acid groups (broad SMARTS) is 1. The average Bonchev–Trinajstić information content (AvgIpc) is 2.15. The predicted octanol–water partition coefficient (Wildman–Crippen LogP) is -0.224. The van der Waals surface area contributed by atoms with Gasteiger partial charge in [-0.25, -0.2) is 4.79 Å². The van der Waals surface area contributed by atoms with Gasteiger partial charge < -0.3 is 14.9 Å². The highest BCUT2D eigenvalue weighted by Crippen LogP contribution is 2.21. The van der Waals surface area contributed by atoms with Crippen molar-refractivity contribution in [2.45, 2.75) is 12.2 Å². The minimum Gasteiger partial charge on any atom is -0.480 e. The van der Waals surface area contributed by atoms with Crippen molar-refractivity contribution in [2.24, 2.45) is 0 Å². The van der Waals surface area contributed by atoms with Crippen LogP contribution >= 0.6 is 0 Å². The molecule has 1 fully saturated rings. The van der Waals surface area contributed by atoms with Gasteiger partial charge in [0.25, 0.3) is 0 Å². The van der Waals surface area contributed by atoms with Crippen LogP contribution in [0.5, 0.6) is 0 Å². The molecule has 1 atom stereocenters. The molecule has 1 aliphatic rings. The number of carbonyl (C=O) groups is 2. The quantitative estimate of drug-likeness (QED) is 0.688. The lowest BCUT2D eigenvalue weighted by Crippen LogP contribution is -2.59. The minimum atomic E-state index is -5.02. The maximum absolute atomic E-state index is 12.2. The van der Waals surface area contributed by atoms with Crippen molar-refractivity contribution in [1.82, 2.24) is 9.80 Å². The molecule has 0 aromatic rings. The van der Waals surface area contributed by atoms with Gasteiger partial charge in [0, 0.05) is 19.6 Å². The SMILES string of the molecule is CN1CCN(C(=O)C(F)(F)F)C(C(=O)O)C1. The van der Waals surface area contributed by atoms with Crippen molar-refractivity contribution in [3.63, 3.8) is 0 Å². The van der Waals surface area contributed by atoms with E-state index in [0.717, 1.165) is 0 Å². The Balaban J connectivity index is 2.85. The van der Waals surface area contributed by atoms with Gasteiger partial charge in [0.15, 0.2) is 0 Å². The Morgan fingerprint density at radius 3 is 2.31 bits per heavy atom. The molecule has 92 valence electrons.